The highest BCUT2D eigenvalue weighted by Crippen LogP contribution is 2.16. The second-order valence-electron chi connectivity index (χ2n) is 4.52. The molecule has 2 N–H and O–H groups in total. The normalized spacial score (nSPS) is 11.6. The summed E-state index contributed by atoms with van der Waals surface area (Å²) in [6.07, 6.45) is 1.39. The van der Waals surface area contributed by atoms with E-state index in [1.807, 2.05) is 42.6 Å². The maximum Gasteiger partial charge on any atom is 0.181 e. The average Bonchev–Trinajstić information content (AvgIpc) is 3.13. The molecule has 112 valence electrons. The van der Waals surface area contributed by atoms with Crippen molar-refractivity contribution >= 4 is 22.2 Å². The minimum atomic E-state index is 0.247. The number of hydrogen-bond donors (Lipinski definition) is 1. The Morgan fingerprint density at radius 2 is 2.18 bits per heavy atom. The van der Waals surface area contributed by atoms with Crippen molar-refractivity contribution in [1.82, 2.24) is 9.97 Å². The van der Waals surface area contributed by atoms with Crippen LogP contribution in [0.3, 0.4) is 0 Å². The highest BCUT2D eigenvalue weighted by atomic mass is 32.1. The Morgan fingerprint density at radius 1 is 1.36 bits per heavy atom. The van der Waals surface area contributed by atoms with Gasteiger partial charge in [0.1, 0.15) is 0 Å². The fourth-order valence-corrected chi connectivity index (χ4v) is 2.45. The summed E-state index contributed by atoms with van der Waals surface area (Å²) in [6, 6.07) is 9.67. The maximum absolute atomic E-state index is 5.59. The van der Waals surface area contributed by atoms with Crippen LogP contribution in [0.4, 0.5) is 5.13 Å². The average molecular weight is 314 g/mol. The quantitative estimate of drug-likeness (QED) is 0.578. The summed E-state index contributed by atoms with van der Waals surface area (Å²) in [7, 11) is 0. The second kappa shape index (κ2) is 6.40. The standard InChI is InChI=1S/C15H14N4O2S/c1-10-14(20-9-17-10)13(11-5-3-2-4-6-11)19-21-7-12-8-22-15(16)18-12/h2-6,8-9H,7H2,1H3,(H2,16,18)/b19-13-. The van der Waals surface area contributed by atoms with E-state index in [2.05, 4.69) is 15.1 Å². The zero-order valence-electron chi connectivity index (χ0n) is 11.9. The van der Waals surface area contributed by atoms with Crippen LogP contribution in [0, 0.1) is 6.92 Å². The van der Waals surface area contributed by atoms with Crippen molar-refractivity contribution in [3.63, 3.8) is 0 Å². The largest absolute Gasteiger partial charge is 0.441 e. The molecule has 1 aromatic carbocycles. The van der Waals surface area contributed by atoms with Crippen LogP contribution < -0.4 is 5.73 Å². The molecule has 0 bridgehead atoms. The third-order valence-electron chi connectivity index (χ3n) is 2.95. The molecule has 0 amide bonds. The molecule has 22 heavy (non-hydrogen) atoms. The Morgan fingerprint density at radius 3 is 2.82 bits per heavy atom. The van der Waals surface area contributed by atoms with Crippen molar-refractivity contribution in [1.29, 1.82) is 0 Å². The number of nitrogens with zero attached hydrogens (tertiary/aromatic N) is 3. The molecule has 0 saturated heterocycles. The lowest BCUT2D eigenvalue weighted by Crippen LogP contribution is -2.05. The minimum Gasteiger partial charge on any atom is -0.441 e. The van der Waals surface area contributed by atoms with Crippen molar-refractivity contribution in [2.75, 3.05) is 5.73 Å². The number of thiazole rings is 1. The summed E-state index contributed by atoms with van der Waals surface area (Å²) in [4.78, 5) is 13.6. The van der Waals surface area contributed by atoms with Crippen molar-refractivity contribution < 1.29 is 9.25 Å². The Hall–Kier alpha value is -2.67. The highest BCUT2D eigenvalue weighted by Gasteiger charge is 2.15. The van der Waals surface area contributed by atoms with E-state index in [0.717, 1.165) is 17.0 Å². The number of nitrogen functional groups attached to an aromatic ring is 1. The number of hydrogen-bond acceptors (Lipinski definition) is 7. The van der Waals surface area contributed by atoms with Crippen LogP contribution in [0.15, 0.2) is 51.7 Å². The van der Waals surface area contributed by atoms with Gasteiger partial charge in [-0.1, -0.05) is 35.5 Å². The van der Waals surface area contributed by atoms with Gasteiger partial charge in [-0.15, -0.1) is 11.3 Å². The van der Waals surface area contributed by atoms with Crippen molar-refractivity contribution in [2.45, 2.75) is 13.5 Å². The molecule has 7 heteroatoms. The predicted octanol–water partition coefficient (Wildman–Crippen LogP) is 2.99. The zero-order valence-corrected chi connectivity index (χ0v) is 12.7. The maximum atomic E-state index is 5.59. The van der Waals surface area contributed by atoms with E-state index in [1.165, 1.54) is 17.7 Å². The lowest BCUT2D eigenvalue weighted by atomic mass is 10.1. The van der Waals surface area contributed by atoms with Gasteiger partial charge in [0.05, 0.1) is 11.4 Å². The SMILES string of the molecule is Cc1ncoc1/C(=N\OCc1csc(N)n1)c1ccccc1. The van der Waals surface area contributed by atoms with Crippen LogP contribution in [0.2, 0.25) is 0 Å². The van der Waals surface area contributed by atoms with Gasteiger partial charge >= 0.3 is 0 Å². The van der Waals surface area contributed by atoms with Gasteiger partial charge < -0.3 is 15.0 Å². The van der Waals surface area contributed by atoms with E-state index < -0.39 is 0 Å². The van der Waals surface area contributed by atoms with Crippen LogP contribution in [-0.2, 0) is 11.4 Å². The first-order valence-corrected chi connectivity index (χ1v) is 7.47. The minimum absolute atomic E-state index is 0.247. The van der Waals surface area contributed by atoms with E-state index in [4.69, 9.17) is 15.0 Å². The smallest absolute Gasteiger partial charge is 0.181 e. The molecule has 0 radical (unpaired) electrons. The Labute approximate surface area is 131 Å². The lowest BCUT2D eigenvalue weighted by molar-refractivity contribution is 0.128. The molecular weight excluding hydrogens is 300 g/mol. The first-order chi connectivity index (χ1) is 10.7. The van der Waals surface area contributed by atoms with Crippen molar-refractivity contribution in [2.24, 2.45) is 5.16 Å². The molecule has 0 unspecified atom stereocenters. The monoisotopic (exact) mass is 314 g/mol. The molecule has 0 saturated carbocycles. The summed E-state index contributed by atoms with van der Waals surface area (Å²) < 4.78 is 5.43. The third-order valence-corrected chi connectivity index (χ3v) is 3.67. The number of nitrogens with two attached hydrogens (primary N) is 1. The molecule has 3 aromatic rings. The van der Waals surface area contributed by atoms with E-state index in [1.54, 1.807) is 0 Å². The van der Waals surface area contributed by atoms with Gasteiger partial charge in [0.2, 0.25) is 0 Å². The fraction of sp³-hybridized carbons (Fsp3) is 0.133. The van der Waals surface area contributed by atoms with Crippen LogP contribution in [0.5, 0.6) is 0 Å². The molecular formula is C15H14N4O2S. The van der Waals surface area contributed by atoms with Crippen LogP contribution >= 0.6 is 11.3 Å². The molecule has 0 atom stereocenters. The number of anilines is 1. The third kappa shape index (κ3) is 3.15. The summed E-state index contributed by atoms with van der Waals surface area (Å²) in [5, 5.41) is 6.56. The molecule has 0 fully saturated rings. The van der Waals surface area contributed by atoms with Gasteiger partial charge in [-0.3, -0.25) is 0 Å². The highest BCUT2D eigenvalue weighted by molar-refractivity contribution is 7.13. The molecule has 6 nitrogen and oxygen atoms in total. The number of oxime groups is 1. The second-order valence-corrected chi connectivity index (χ2v) is 5.41. The van der Waals surface area contributed by atoms with Crippen LogP contribution in [0.25, 0.3) is 0 Å². The number of aryl methyl sites for hydroxylation is 1. The Kier molecular flexibility index (Phi) is 4.15. The first kappa shape index (κ1) is 14.3. The van der Waals surface area contributed by atoms with Gasteiger partial charge in [0.25, 0.3) is 0 Å². The van der Waals surface area contributed by atoms with Gasteiger partial charge in [-0.2, -0.15) is 0 Å². The molecule has 2 aromatic heterocycles. The molecule has 0 aliphatic carbocycles. The van der Waals surface area contributed by atoms with Gasteiger partial charge in [-0.05, 0) is 6.92 Å². The summed E-state index contributed by atoms with van der Waals surface area (Å²) >= 11 is 1.37. The van der Waals surface area contributed by atoms with Crippen LogP contribution in [0.1, 0.15) is 22.7 Å². The summed E-state index contributed by atoms with van der Waals surface area (Å²) in [5.41, 5.74) is 8.57. The fourth-order valence-electron chi connectivity index (χ4n) is 1.90. The lowest BCUT2D eigenvalue weighted by Gasteiger charge is -2.04. The number of aromatic nitrogens is 2. The Bertz CT molecular complexity index is 780. The number of oxazole rings is 1. The number of benzene rings is 1. The molecule has 3 rings (SSSR count). The zero-order chi connectivity index (χ0) is 15.4. The van der Waals surface area contributed by atoms with Gasteiger partial charge in [0, 0.05) is 10.9 Å². The summed E-state index contributed by atoms with van der Waals surface area (Å²) in [5.74, 6) is 0.587. The van der Waals surface area contributed by atoms with Gasteiger partial charge in [-0.25, -0.2) is 9.97 Å². The summed E-state index contributed by atoms with van der Waals surface area (Å²) in [6.45, 7) is 2.11. The van der Waals surface area contributed by atoms with E-state index >= 15 is 0 Å². The van der Waals surface area contributed by atoms with Gasteiger partial charge in [0.15, 0.2) is 29.6 Å². The topological polar surface area (TPSA) is 86.5 Å². The Balaban J connectivity index is 1.85. The van der Waals surface area contributed by atoms with Crippen molar-refractivity contribution in [3.05, 3.63) is 64.8 Å². The molecule has 0 spiro atoms. The van der Waals surface area contributed by atoms with E-state index in [9.17, 15) is 0 Å². The van der Waals surface area contributed by atoms with Crippen molar-refractivity contribution in [3.8, 4) is 0 Å². The van der Waals surface area contributed by atoms with Crippen LogP contribution in [-0.4, -0.2) is 15.7 Å². The van der Waals surface area contributed by atoms with E-state index in [-0.39, 0.29) is 6.61 Å². The molecule has 0 aliphatic rings. The molecule has 2 heterocycles. The molecule has 0 aliphatic heterocycles. The van der Waals surface area contributed by atoms with E-state index in [0.29, 0.717) is 16.6 Å². The number of rotatable bonds is 5. The predicted molar refractivity (Wildman–Crippen MR) is 84.6 cm³/mol. The first-order valence-electron chi connectivity index (χ1n) is 6.60.